The van der Waals surface area contributed by atoms with Crippen LogP contribution in [0.25, 0.3) is 56.3 Å². The summed E-state index contributed by atoms with van der Waals surface area (Å²) in [7, 11) is 0. The van der Waals surface area contributed by atoms with E-state index < -0.39 is 10.8 Å². The lowest BCUT2D eigenvalue weighted by Crippen LogP contribution is -2.28. The lowest BCUT2D eigenvalue weighted by atomic mass is 9.67. The van der Waals surface area contributed by atoms with Crippen LogP contribution >= 0.6 is 0 Å². The van der Waals surface area contributed by atoms with Gasteiger partial charge in [-0.05, 0) is 211 Å². The van der Waals surface area contributed by atoms with Gasteiger partial charge in [-0.3, -0.25) is 0 Å². The third-order valence-electron chi connectivity index (χ3n) is 19.4. The number of furan rings is 1. The second-order valence-corrected chi connectivity index (χ2v) is 24.6. The molecule has 0 spiro atoms. The van der Waals surface area contributed by atoms with Crippen LogP contribution in [0.5, 0.6) is 23.0 Å². The number of rotatable bonds is 16. The molecular weight excluding hydrogens is 1190 g/mol. The summed E-state index contributed by atoms with van der Waals surface area (Å²) in [6, 6.07) is 111. The van der Waals surface area contributed by atoms with Gasteiger partial charge in [0.2, 0.25) is 0 Å². The van der Waals surface area contributed by atoms with E-state index in [9.17, 15) is 0 Å². The number of benzene rings is 14. The molecule has 2 unspecified atom stereocenters. The molecule has 7 heteroatoms. The molecule has 97 heavy (non-hydrogen) atoms. The number of para-hydroxylation sites is 2. The van der Waals surface area contributed by atoms with Crippen molar-refractivity contribution in [3.63, 3.8) is 0 Å². The van der Waals surface area contributed by atoms with E-state index in [4.69, 9.17) is 13.9 Å². The second kappa shape index (κ2) is 23.8. The molecule has 2 aliphatic carbocycles. The van der Waals surface area contributed by atoms with E-state index in [0.29, 0.717) is 22.7 Å². The van der Waals surface area contributed by atoms with Crippen molar-refractivity contribution in [1.29, 1.82) is 0 Å². The highest BCUT2D eigenvalue weighted by Gasteiger charge is 2.48. The average Bonchev–Trinajstić information content (AvgIpc) is 1.32. The highest BCUT2D eigenvalue weighted by molar-refractivity contribution is 6.14. The maximum Gasteiger partial charge on any atom is 0.159 e. The van der Waals surface area contributed by atoms with Crippen molar-refractivity contribution in [1.82, 2.24) is 0 Å². The summed E-state index contributed by atoms with van der Waals surface area (Å²) >= 11 is 0. The summed E-state index contributed by atoms with van der Waals surface area (Å²) in [6.45, 7) is 7.83. The zero-order valence-corrected chi connectivity index (χ0v) is 52.6. The van der Waals surface area contributed by atoms with E-state index in [1.165, 1.54) is 24.3 Å². The monoisotopic (exact) mass is 1250 g/mol. The van der Waals surface area contributed by atoms with Crippen LogP contribution in [0, 0.1) is 11.6 Å². The fourth-order valence-corrected chi connectivity index (χ4v) is 15.1. The van der Waals surface area contributed by atoms with Gasteiger partial charge in [0.05, 0.1) is 22.2 Å². The van der Waals surface area contributed by atoms with Gasteiger partial charge in [-0.2, -0.15) is 0 Å². The molecule has 0 fully saturated rings. The normalized spacial score (nSPS) is 14.9. The first kappa shape index (κ1) is 58.3. The predicted octanol–water partition coefficient (Wildman–Crippen LogP) is 24.4. The third kappa shape index (κ3) is 9.65. The molecule has 0 saturated heterocycles. The number of hydrogen-bond donors (Lipinski definition) is 0. The molecule has 0 bridgehead atoms. The summed E-state index contributed by atoms with van der Waals surface area (Å²) in [5, 5.41) is 1.75. The molecule has 462 valence electrons. The van der Waals surface area contributed by atoms with Gasteiger partial charge in [-0.25, -0.2) is 8.78 Å². The van der Waals surface area contributed by atoms with Crippen molar-refractivity contribution >= 4 is 68.2 Å². The van der Waals surface area contributed by atoms with Gasteiger partial charge in [-0.1, -0.05) is 219 Å². The first-order valence-corrected chi connectivity index (χ1v) is 32.5. The molecule has 1 aromatic heterocycles. The number of ether oxygens (including phenoxy) is 2. The lowest BCUT2D eigenvalue weighted by Gasteiger charge is -2.35. The molecule has 0 amide bonds. The topological polar surface area (TPSA) is 38.1 Å². The Hall–Kier alpha value is -12.6. The SMILES string of the molecule is C=Cc1ccc(Oc2ccc(C3(c4ccccc4)c4ccccc4-c4ccc(N(c5ccc(F)cc5)c5cccc6c5oc5c(N(c7ccc(F)cc7)c7ccc8c(c7)C(c7ccccc7)(c7ccc(Oc9ccc(C=C)cc9)cc7)c7ccccc7-8)cccc56)cc43)cc2)cc1. The molecule has 0 saturated carbocycles. The molecule has 17 rings (SSSR count). The molecular formula is C90H60F2N2O3. The first-order chi connectivity index (χ1) is 47.8. The molecule has 0 N–H and O–H groups in total. The number of hydrogen-bond acceptors (Lipinski definition) is 5. The van der Waals surface area contributed by atoms with Crippen LogP contribution in [0.1, 0.15) is 55.6 Å². The third-order valence-corrected chi connectivity index (χ3v) is 19.4. The van der Waals surface area contributed by atoms with Crippen LogP contribution < -0.4 is 19.3 Å². The van der Waals surface area contributed by atoms with E-state index in [1.54, 1.807) is 0 Å². The molecule has 1 heterocycles. The zero-order valence-electron chi connectivity index (χ0n) is 52.6. The van der Waals surface area contributed by atoms with Gasteiger partial charge < -0.3 is 23.7 Å². The van der Waals surface area contributed by atoms with Crippen molar-refractivity contribution in [3.8, 4) is 45.3 Å². The molecule has 15 aromatic rings. The highest BCUT2D eigenvalue weighted by Crippen LogP contribution is 2.60. The Bertz CT molecular complexity index is 5160. The Kier molecular flexibility index (Phi) is 14.3. The number of nitrogens with zero attached hydrogens (tertiary/aromatic N) is 2. The second-order valence-electron chi connectivity index (χ2n) is 24.6. The molecule has 2 aliphatic rings. The largest absolute Gasteiger partial charge is 0.457 e. The molecule has 5 nitrogen and oxygen atoms in total. The van der Waals surface area contributed by atoms with Crippen molar-refractivity contribution in [3.05, 3.63) is 408 Å². The summed E-state index contributed by atoms with van der Waals surface area (Å²) in [5.41, 5.74) is 19.6. The smallest absolute Gasteiger partial charge is 0.159 e. The van der Waals surface area contributed by atoms with Crippen molar-refractivity contribution in [2.45, 2.75) is 10.8 Å². The van der Waals surface area contributed by atoms with E-state index in [0.717, 1.165) is 134 Å². The highest BCUT2D eigenvalue weighted by atomic mass is 19.1. The Morgan fingerprint density at radius 2 is 0.629 bits per heavy atom. The van der Waals surface area contributed by atoms with Gasteiger partial charge in [0.1, 0.15) is 34.6 Å². The van der Waals surface area contributed by atoms with Crippen LogP contribution in [-0.2, 0) is 10.8 Å². The minimum absolute atomic E-state index is 0.351. The van der Waals surface area contributed by atoms with E-state index in [-0.39, 0.29) is 11.6 Å². The van der Waals surface area contributed by atoms with Crippen molar-refractivity contribution in [2.24, 2.45) is 0 Å². The minimum atomic E-state index is -0.786. The molecule has 14 aromatic carbocycles. The van der Waals surface area contributed by atoms with Gasteiger partial charge in [0.25, 0.3) is 0 Å². The minimum Gasteiger partial charge on any atom is -0.457 e. The fraction of sp³-hybridized carbons (Fsp3) is 0.0222. The Balaban J connectivity index is 0.830. The quantitative estimate of drug-likeness (QED) is 0.0964. The van der Waals surface area contributed by atoms with E-state index in [2.05, 4.69) is 229 Å². The van der Waals surface area contributed by atoms with Crippen LogP contribution in [0.3, 0.4) is 0 Å². The molecule has 0 aliphatic heterocycles. The summed E-state index contributed by atoms with van der Waals surface area (Å²) in [4.78, 5) is 4.35. The predicted molar refractivity (Wildman–Crippen MR) is 391 cm³/mol. The standard InChI is InChI=1S/C90H60F2N2O3/c1-3-59-29-47-71(48-30-59)95-73-51-33-63(34-52-73)89(61-17-7-5-8-18-61)81-25-13-11-21-75(81)77-55-45-69(57-83(77)89)93(67-41-37-65(91)38-42-67)85-27-15-23-79-80-24-16-28-86(88(80)97-87(79)85)94(68-43-39-66(92)40-44-68)70-46-56-78-76-22-12-14-26-82(76)90(84(78)58-70,62-19-9-6-10-20-62)64-35-53-74(54-36-64)96-72-49-31-60(4-2)32-50-72/h3-58H,1-2H2. The molecule has 2 atom stereocenters. The van der Waals surface area contributed by atoms with E-state index >= 15 is 8.78 Å². The van der Waals surface area contributed by atoms with Crippen LogP contribution in [0.2, 0.25) is 0 Å². The van der Waals surface area contributed by atoms with Crippen LogP contribution in [0.4, 0.5) is 42.9 Å². The van der Waals surface area contributed by atoms with Gasteiger partial charge in [0.15, 0.2) is 11.2 Å². The number of fused-ring (bicyclic) bond motifs is 9. The zero-order chi connectivity index (χ0) is 65.2. The van der Waals surface area contributed by atoms with Crippen molar-refractivity contribution in [2.75, 3.05) is 9.80 Å². The Morgan fingerprint density at radius 3 is 1.01 bits per heavy atom. The Morgan fingerprint density at radius 1 is 0.299 bits per heavy atom. The summed E-state index contributed by atoms with van der Waals surface area (Å²) in [5.74, 6) is 2.18. The van der Waals surface area contributed by atoms with Crippen LogP contribution in [-0.4, -0.2) is 0 Å². The fourth-order valence-electron chi connectivity index (χ4n) is 15.1. The van der Waals surface area contributed by atoms with Gasteiger partial charge in [0, 0.05) is 33.5 Å². The summed E-state index contributed by atoms with van der Waals surface area (Å²) < 4.78 is 51.1. The van der Waals surface area contributed by atoms with Crippen molar-refractivity contribution < 1.29 is 22.7 Å². The average molecular weight is 1260 g/mol. The number of halogens is 2. The molecule has 0 radical (unpaired) electrons. The maximum absolute atomic E-state index is 15.3. The maximum atomic E-state index is 15.3. The van der Waals surface area contributed by atoms with Gasteiger partial charge >= 0.3 is 0 Å². The lowest BCUT2D eigenvalue weighted by molar-refractivity contribution is 0.482. The van der Waals surface area contributed by atoms with Gasteiger partial charge in [-0.15, -0.1) is 0 Å². The first-order valence-electron chi connectivity index (χ1n) is 32.5. The summed E-state index contributed by atoms with van der Waals surface area (Å²) in [6.07, 6.45) is 3.64. The van der Waals surface area contributed by atoms with E-state index in [1.807, 2.05) is 109 Å². The Labute approximate surface area is 561 Å². The number of anilines is 6. The van der Waals surface area contributed by atoms with Crippen LogP contribution in [0.15, 0.2) is 345 Å².